The van der Waals surface area contributed by atoms with Crippen molar-refractivity contribution in [3.63, 3.8) is 0 Å². The van der Waals surface area contributed by atoms with E-state index in [1.807, 2.05) is 18.2 Å². The first kappa shape index (κ1) is 9.49. The molecule has 1 aromatic rings. The van der Waals surface area contributed by atoms with E-state index < -0.39 is 6.04 Å². The number of carbonyl (C=O) groups is 1. The van der Waals surface area contributed by atoms with Crippen molar-refractivity contribution >= 4 is 17.5 Å². The number of hydrogen-bond acceptors (Lipinski definition) is 2. The molecule has 2 atom stereocenters. The summed E-state index contributed by atoms with van der Waals surface area (Å²) in [4.78, 5) is 12.8. The van der Waals surface area contributed by atoms with Gasteiger partial charge in [-0.25, -0.2) is 0 Å². The predicted octanol–water partition coefficient (Wildman–Crippen LogP) is 1.18. The third kappa shape index (κ3) is 1.29. The molecule has 2 unspecified atom stereocenters. The molecule has 74 valence electrons. The highest BCUT2D eigenvalue weighted by molar-refractivity contribution is 6.30. The molecular formula is C10H11ClN2O. The van der Waals surface area contributed by atoms with Crippen molar-refractivity contribution in [2.75, 3.05) is 7.05 Å². The van der Waals surface area contributed by atoms with Crippen LogP contribution in [0.25, 0.3) is 0 Å². The molecule has 1 fully saturated rings. The standard InChI is InChI=1S/C10H11ClN2O/c1-13-9(8(12)10(13)14)6-3-2-4-7(11)5-6/h2-5,8-9H,12H2,1H3. The Bertz CT molecular complexity index is 368. The molecule has 1 saturated heterocycles. The lowest BCUT2D eigenvalue weighted by Crippen LogP contribution is -2.61. The third-order valence-corrected chi connectivity index (χ3v) is 2.82. The van der Waals surface area contributed by atoms with Crippen LogP contribution < -0.4 is 5.73 Å². The van der Waals surface area contributed by atoms with E-state index >= 15 is 0 Å². The quantitative estimate of drug-likeness (QED) is 0.708. The van der Waals surface area contributed by atoms with Crippen LogP contribution in [-0.2, 0) is 4.79 Å². The zero-order chi connectivity index (χ0) is 10.3. The van der Waals surface area contributed by atoms with E-state index in [0.717, 1.165) is 5.56 Å². The van der Waals surface area contributed by atoms with Crippen LogP contribution in [0.15, 0.2) is 24.3 Å². The van der Waals surface area contributed by atoms with Gasteiger partial charge >= 0.3 is 0 Å². The Morgan fingerprint density at radius 1 is 1.50 bits per heavy atom. The minimum Gasteiger partial charge on any atom is -0.335 e. The van der Waals surface area contributed by atoms with Gasteiger partial charge in [-0.2, -0.15) is 0 Å². The number of carbonyl (C=O) groups excluding carboxylic acids is 1. The molecule has 0 bridgehead atoms. The number of benzene rings is 1. The summed E-state index contributed by atoms with van der Waals surface area (Å²) in [7, 11) is 1.75. The van der Waals surface area contributed by atoms with Gasteiger partial charge < -0.3 is 10.6 Å². The van der Waals surface area contributed by atoms with Crippen molar-refractivity contribution in [1.29, 1.82) is 0 Å². The Labute approximate surface area is 87.4 Å². The highest BCUT2D eigenvalue weighted by Gasteiger charge is 2.43. The molecule has 0 aromatic heterocycles. The Hall–Kier alpha value is -1.06. The van der Waals surface area contributed by atoms with Crippen LogP contribution in [-0.4, -0.2) is 23.9 Å². The van der Waals surface area contributed by atoms with Crippen LogP contribution in [0.3, 0.4) is 0 Å². The first-order chi connectivity index (χ1) is 6.61. The molecule has 0 spiro atoms. The SMILES string of the molecule is CN1C(=O)C(N)C1c1cccc(Cl)c1. The number of hydrogen-bond donors (Lipinski definition) is 1. The number of likely N-dealkylation sites (N-methyl/N-ethyl adjacent to an activating group) is 1. The summed E-state index contributed by atoms with van der Waals surface area (Å²) >= 11 is 5.86. The van der Waals surface area contributed by atoms with Crippen molar-refractivity contribution in [3.05, 3.63) is 34.9 Å². The molecule has 1 aliphatic rings. The lowest BCUT2D eigenvalue weighted by molar-refractivity contribution is -0.147. The molecule has 1 amide bonds. The maximum absolute atomic E-state index is 11.2. The lowest BCUT2D eigenvalue weighted by Gasteiger charge is -2.43. The van der Waals surface area contributed by atoms with E-state index in [0.29, 0.717) is 5.02 Å². The molecule has 3 nitrogen and oxygen atoms in total. The van der Waals surface area contributed by atoms with Crippen LogP contribution >= 0.6 is 11.6 Å². The van der Waals surface area contributed by atoms with Crippen molar-refractivity contribution in [3.8, 4) is 0 Å². The van der Waals surface area contributed by atoms with E-state index in [4.69, 9.17) is 17.3 Å². The predicted molar refractivity (Wildman–Crippen MR) is 54.9 cm³/mol. The molecular weight excluding hydrogens is 200 g/mol. The normalized spacial score (nSPS) is 26.2. The highest BCUT2D eigenvalue weighted by Crippen LogP contribution is 2.32. The fraction of sp³-hybridized carbons (Fsp3) is 0.300. The fourth-order valence-corrected chi connectivity index (χ4v) is 1.99. The molecule has 2 rings (SSSR count). The van der Waals surface area contributed by atoms with Gasteiger partial charge in [-0.3, -0.25) is 4.79 Å². The average molecular weight is 211 g/mol. The Balaban J connectivity index is 2.28. The Kier molecular flexibility index (Phi) is 2.21. The lowest BCUT2D eigenvalue weighted by atomic mass is 9.90. The number of amides is 1. The van der Waals surface area contributed by atoms with Gasteiger partial charge in [0.05, 0.1) is 6.04 Å². The van der Waals surface area contributed by atoms with E-state index in [9.17, 15) is 4.79 Å². The number of halogens is 1. The topological polar surface area (TPSA) is 46.3 Å². The van der Waals surface area contributed by atoms with E-state index in [1.165, 1.54) is 0 Å². The number of likely N-dealkylation sites (tertiary alicyclic amines) is 1. The number of nitrogens with two attached hydrogens (primary N) is 1. The maximum atomic E-state index is 11.2. The number of β-lactam (4-membered cyclic amide) rings is 1. The van der Waals surface area contributed by atoms with E-state index in [1.54, 1.807) is 18.0 Å². The average Bonchev–Trinajstić information content (AvgIpc) is 2.18. The Morgan fingerprint density at radius 2 is 2.21 bits per heavy atom. The van der Waals surface area contributed by atoms with Crippen LogP contribution in [0, 0.1) is 0 Å². The summed E-state index contributed by atoms with van der Waals surface area (Å²) in [6.07, 6.45) is 0. The number of nitrogens with zero attached hydrogens (tertiary/aromatic N) is 1. The van der Waals surface area contributed by atoms with Gasteiger partial charge in [-0.1, -0.05) is 23.7 Å². The summed E-state index contributed by atoms with van der Waals surface area (Å²) in [5.41, 5.74) is 6.70. The molecule has 0 saturated carbocycles. The fourth-order valence-electron chi connectivity index (χ4n) is 1.79. The van der Waals surface area contributed by atoms with Gasteiger partial charge in [-0.05, 0) is 17.7 Å². The zero-order valence-corrected chi connectivity index (χ0v) is 8.53. The summed E-state index contributed by atoms with van der Waals surface area (Å²) in [5.74, 6) is -0.0185. The second-order valence-electron chi connectivity index (χ2n) is 3.47. The van der Waals surface area contributed by atoms with Crippen molar-refractivity contribution in [2.24, 2.45) is 5.73 Å². The summed E-state index contributed by atoms with van der Waals surface area (Å²) < 4.78 is 0. The first-order valence-corrected chi connectivity index (χ1v) is 4.77. The minimum atomic E-state index is -0.418. The summed E-state index contributed by atoms with van der Waals surface area (Å²) in [5, 5.41) is 0.669. The molecule has 0 radical (unpaired) electrons. The van der Waals surface area contributed by atoms with Crippen LogP contribution in [0.2, 0.25) is 5.02 Å². The van der Waals surface area contributed by atoms with Gasteiger partial charge in [0.15, 0.2) is 0 Å². The molecule has 1 aromatic carbocycles. The molecule has 2 N–H and O–H groups in total. The summed E-state index contributed by atoms with van der Waals surface area (Å²) in [6.45, 7) is 0. The summed E-state index contributed by atoms with van der Waals surface area (Å²) in [6, 6.07) is 6.99. The van der Waals surface area contributed by atoms with Gasteiger partial charge in [0.2, 0.25) is 5.91 Å². The largest absolute Gasteiger partial charge is 0.335 e. The van der Waals surface area contributed by atoms with Gasteiger partial charge in [0, 0.05) is 12.1 Å². The van der Waals surface area contributed by atoms with Gasteiger partial charge in [0.25, 0.3) is 0 Å². The van der Waals surface area contributed by atoms with E-state index in [-0.39, 0.29) is 11.9 Å². The molecule has 1 aliphatic heterocycles. The smallest absolute Gasteiger partial charge is 0.242 e. The monoisotopic (exact) mass is 210 g/mol. The van der Waals surface area contributed by atoms with Gasteiger partial charge in [0.1, 0.15) is 6.04 Å². The van der Waals surface area contributed by atoms with Crippen molar-refractivity contribution < 1.29 is 4.79 Å². The second-order valence-corrected chi connectivity index (χ2v) is 3.91. The second kappa shape index (κ2) is 3.26. The first-order valence-electron chi connectivity index (χ1n) is 4.39. The van der Waals surface area contributed by atoms with Crippen LogP contribution in [0.5, 0.6) is 0 Å². The third-order valence-electron chi connectivity index (χ3n) is 2.58. The minimum absolute atomic E-state index is 0.0185. The molecule has 0 aliphatic carbocycles. The maximum Gasteiger partial charge on any atom is 0.242 e. The van der Waals surface area contributed by atoms with Crippen molar-refractivity contribution in [1.82, 2.24) is 4.90 Å². The van der Waals surface area contributed by atoms with E-state index in [2.05, 4.69) is 0 Å². The zero-order valence-electron chi connectivity index (χ0n) is 7.77. The molecule has 4 heteroatoms. The van der Waals surface area contributed by atoms with Gasteiger partial charge in [-0.15, -0.1) is 0 Å². The molecule has 14 heavy (non-hydrogen) atoms. The van der Waals surface area contributed by atoms with Crippen molar-refractivity contribution in [2.45, 2.75) is 12.1 Å². The Morgan fingerprint density at radius 3 is 2.79 bits per heavy atom. The highest BCUT2D eigenvalue weighted by atomic mass is 35.5. The molecule has 1 heterocycles. The van der Waals surface area contributed by atoms with Crippen LogP contribution in [0.4, 0.5) is 0 Å². The van der Waals surface area contributed by atoms with Crippen LogP contribution in [0.1, 0.15) is 11.6 Å². The number of rotatable bonds is 1.